The van der Waals surface area contributed by atoms with Crippen LogP contribution >= 0.6 is 15.9 Å². The topological polar surface area (TPSA) is 45.2 Å². The van der Waals surface area contributed by atoms with Gasteiger partial charge in [0.1, 0.15) is 5.82 Å². The predicted molar refractivity (Wildman–Crippen MR) is 70.8 cm³/mol. The molecule has 0 spiro atoms. The zero-order chi connectivity index (χ0) is 12.3. The van der Waals surface area contributed by atoms with Crippen molar-refractivity contribution in [3.63, 3.8) is 0 Å². The van der Waals surface area contributed by atoms with Gasteiger partial charge in [0, 0.05) is 32.3 Å². The number of likely N-dealkylation sites (tertiary alicyclic amines) is 1. The van der Waals surface area contributed by atoms with Crippen molar-refractivity contribution in [3.05, 3.63) is 22.8 Å². The summed E-state index contributed by atoms with van der Waals surface area (Å²) in [5.41, 5.74) is 0. The van der Waals surface area contributed by atoms with Gasteiger partial charge in [-0.05, 0) is 40.9 Å². The number of nitrogens with zero attached hydrogens (tertiary/aromatic N) is 2. The molecule has 0 radical (unpaired) electrons. The van der Waals surface area contributed by atoms with Crippen LogP contribution in [0, 0.1) is 0 Å². The van der Waals surface area contributed by atoms with E-state index in [4.69, 9.17) is 0 Å². The van der Waals surface area contributed by atoms with E-state index in [9.17, 15) is 4.79 Å². The quantitative estimate of drug-likeness (QED) is 0.911. The van der Waals surface area contributed by atoms with Gasteiger partial charge < -0.3 is 10.2 Å². The second kappa shape index (κ2) is 5.49. The molecule has 1 aromatic rings. The fraction of sp³-hybridized carbons (Fsp3) is 0.500. The van der Waals surface area contributed by atoms with Crippen molar-refractivity contribution >= 4 is 27.7 Å². The Labute approximate surface area is 110 Å². The number of aromatic nitrogens is 1. The highest BCUT2D eigenvalue weighted by atomic mass is 79.9. The lowest BCUT2D eigenvalue weighted by Crippen LogP contribution is -2.41. The Morgan fingerprint density at radius 2 is 2.24 bits per heavy atom. The molecule has 5 heteroatoms. The Bertz CT molecular complexity index is 402. The number of pyridine rings is 1. The van der Waals surface area contributed by atoms with Gasteiger partial charge in [0.15, 0.2) is 0 Å². The minimum Gasteiger partial charge on any atom is -0.366 e. The maximum atomic E-state index is 11.2. The van der Waals surface area contributed by atoms with Crippen LogP contribution < -0.4 is 5.32 Å². The molecule has 1 N–H and O–H groups in total. The molecule has 0 aliphatic carbocycles. The van der Waals surface area contributed by atoms with E-state index in [2.05, 4.69) is 26.2 Å². The highest BCUT2D eigenvalue weighted by Gasteiger charge is 2.21. The van der Waals surface area contributed by atoms with Crippen molar-refractivity contribution in [1.82, 2.24) is 9.88 Å². The molecule has 1 saturated heterocycles. The molecule has 92 valence electrons. The number of carbonyl (C=O) groups excluding carboxylic acids is 1. The summed E-state index contributed by atoms with van der Waals surface area (Å²) in [6, 6.07) is 4.27. The first-order valence-corrected chi connectivity index (χ1v) is 6.58. The molecule has 1 amide bonds. The molecular formula is C12H16BrN3O. The van der Waals surface area contributed by atoms with Crippen LogP contribution in [0.4, 0.5) is 5.82 Å². The van der Waals surface area contributed by atoms with Crippen LogP contribution in [0.2, 0.25) is 0 Å². The molecule has 1 aliphatic rings. The lowest BCUT2D eigenvalue weighted by molar-refractivity contribution is -0.129. The minimum absolute atomic E-state index is 0.169. The number of rotatable bonds is 2. The van der Waals surface area contributed by atoms with E-state index in [0.717, 1.165) is 36.2 Å². The number of hydrogen-bond donors (Lipinski definition) is 1. The molecule has 0 atom stereocenters. The molecule has 0 unspecified atom stereocenters. The molecule has 0 bridgehead atoms. The van der Waals surface area contributed by atoms with Crippen LogP contribution in [0.15, 0.2) is 22.8 Å². The van der Waals surface area contributed by atoms with E-state index in [1.54, 1.807) is 13.1 Å². The smallest absolute Gasteiger partial charge is 0.219 e. The fourth-order valence-corrected chi connectivity index (χ4v) is 2.39. The number of halogens is 1. The molecule has 17 heavy (non-hydrogen) atoms. The zero-order valence-electron chi connectivity index (χ0n) is 9.82. The largest absolute Gasteiger partial charge is 0.366 e. The second-order valence-corrected chi connectivity index (χ2v) is 5.11. The van der Waals surface area contributed by atoms with E-state index in [1.807, 2.05) is 17.0 Å². The van der Waals surface area contributed by atoms with E-state index >= 15 is 0 Å². The Balaban J connectivity index is 1.90. The molecule has 1 aromatic heterocycles. The summed E-state index contributed by atoms with van der Waals surface area (Å²) in [4.78, 5) is 17.4. The third kappa shape index (κ3) is 3.19. The summed E-state index contributed by atoms with van der Waals surface area (Å²) in [5, 5.41) is 3.41. The Morgan fingerprint density at radius 1 is 1.53 bits per heavy atom. The molecule has 2 heterocycles. The number of hydrogen-bond acceptors (Lipinski definition) is 3. The number of nitrogens with one attached hydrogen (secondary N) is 1. The van der Waals surface area contributed by atoms with Crippen molar-refractivity contribution < 1.29 is 4.79 Å². The maximum Gasteiger partial charge on any atom is 0.219 e. The highest BCUT2D eigenvalue weighted by molar-refractivity contribution is 9.10. The average Bonchev–Trinajstić information content (AvgIpc) is 2.33. The van der Waals surface area contributed by atoms with Crippen LogP contribution in [-0.4, -0.2) is 34.9 Å². The lowest BCUT2D eigenvalue weighted by atomic mass is 10.1. The van der Waals surface area contributed by atoms with E-state index in [-0.39, 0.29) is 5.91 Å². The summed E-state index contributed by atoms with van der Waals surface area (Å²) < 4.78 is 0.981. The maximum absolute atomic E-state index is 11.2. The summed E-state index contributed by atoms with van der Waals surface area (Å²) >= 11 is 3.47. The molecule has 2 rings (SSSR count). The van der Waals surface area contributed by atoms with Crippen molar-refractivity contribution in [2.75, 3.05) is 18.4 Å². The minimum atomic E-state index is 0.169. The van der Waals surface area contributed by atoms with Crippen LogP contribution in [0.1, 0.15) is 19.8 Å². The highest BCUT2D eigenvalue weighted by Crippen LogP contribution is 2.22. The van der Waals surface area contributed by atoms with Gasteiger partial charge in [-0.15, -0.1) is 0 Å². The van der Waals surface area contributed by atoms with Gasteiger partial charge in [-0.3, -0.25) is 4.79 Å². The van der Waals surface area contributed by atoms with E-state index < -0.39 is 0 Å². The van der Waals surface area contributed by atoms with Gasteiger partial charge in [-0.25, -0.2) is 4.98 Å². The number of anilines is 1. The van der Waals surface area contributed by atoms with Gasteiger partial charge >= 0.3 is 0 Å². The summed E-state index contributed by atoms with van der Waals surface area (Å²) in [7, 11) is 0. The standard InChI is InChI=1S/C12H16BrN3O/c1-9(17)16-7-4-10(5-8-16)15-12-11(13)3-2-6-14-12/h2-3,6,10H,4-5,7-8H2,1H3,(H,14,15). The Morgan fingerprint density at radius 3 is 2.82 bits per heavy atom. The molecule has 0 aromatic carbocycles. The normalized spacial score (nSPS) is 16.9. The van der Waals surface area contributed by atoms with Gasteiger partial charge in [0.2, 0.25) is 5.91 Å². The second-order valence-electron chi connectivity index (χ2n) is 4.26. The molecule has 1 fully saturated rings. The molecule has 1 aliphatic heterocycles. The van der Waals surface area contributed by atoms with Crippen LogP contribution in [0.5, 0.6) is 0 Å². The Kier molecular flexibility index (Phi) is 3.99. The molecular weight excluding hydrogens is 282 g/mol. The number of amides is 1. The zero-order valence-corrected chi connectivity index (χ0v) is 11.4. The predicted octanol–water partition coefficient (Wildman–Crippen LogP) is 2.27. The summed E-state index contributed by atoms with van der Waals surface area (Å²) in [6.45, 7) is 3.29. The van der Waals surface area contributed by atoms with Crippen LogP contribution in [-0.2, 0) is 4.79 Å². The van der Waals surface area contributed by atoms with Crippen LogP contribution in [0.25, 0.3) is 0 Å². The first-order valence-electron chi connectivity index (χ1n) is 5.79. The van der Waals surface area contributed by atoms with Gasteiger partial charge in [-0.1, -0.05) is 0 Å². The lowest BCUT2D eigenvalue weighted by Gasteiger charge is -2.32. The van der Waals surface area contributed by atoms with Gasteiger partial charge in [0.05, 0.1) is 4.47 Å². The first-order chi connectivity index (χ1) is 8.16. The monoisotopic (exact) mass is 297 g/mol. The summed E-state index contributed by atoms with van der Waals surface area (Å²) in [6.07, 6.45) is 3.73. The summed E-state index contributed by atoms with van der Waals surface area (Å²) in [5.74, 6) is 1.05. The van der Waals surface area contributed by atoms with Gasteiger partial charge in [-0.2, -0.15) is 0 Å². The first kappa shape index (κ1) is 12.4. The van der Waals surface area contributed by atoms with E-state index in [0.29, 0.717) is 6.04 Å². The molecule has 0 saturated carbocycles. The number of piperidine rings is 1. The Hall–Kier alpha value is -1.10. The van der Waals surface area contributed by atoms with Crippen molar-refractivity contribution in [1.29, 1.82) is 0 Å². The van der Waals surface area contributed by atoms with E-state index in [1.165, 1.54) is 0 Å². The SMILES string of the molecule is CC(=O)N1CCC(Nc2ncccc2Br)CC1. The third-order valence-corrected chi connectivity index (χ3v) is 3.68. The third-order valence-electron chi connectivity index (χ3n) is 3.04. The van der Waals surface area contributed by atoms with Crippen molar-refractivity contribution in [3.8, 4) is 0 Å². The average molecular weight is 298 g/mol. The van der Waals surface area contributed by atoms with Crippen molar-refractivity contribution in [2.24, 2.45) is 0 Å². The fourth-order valence-electron chi connectivity index (χ4n) is 2.02. The van der Waals surface area contributed by atoms with Crippen molar-refractivity contribution in [2.45, 2.75) is 25.8 Å². The van der Waals surface area contributed by atoms with Crippen LogP contribution in [0.3, 0.4) is 0 Å². The number of carbonyl (C=O) groups is 1. The molecule has 4 nitrogen and oxygen atoms in total. The van der Waals surface area contributed by atoms with Gasteiger partial charge in [0.25, 0.3) is 0 Å².